The van der Waals surface area contributed by atoms with Gasteiger partial charge in [-0.25, -0.2) is 4.79 Å². The number of hydrogen-bond acceptors (Lipinski definition) is 2. The van der Waals surface area contributed by atoms with Gasteiger partial charge in [0.2, 0.25) is 0 Å². The summed E-state index contributed by atoms with van der Waals surface area (Å²) in [5.74, 6) is -3.87. The first-order valence-electron chi connectivity index (χ1n) is 5.96. The Bertz CT molecular complexity index is 658. The molecule has 0 radical (unpaired) electrons. The molecule has 2 nitrogen and oxygen atoms in total. The van der Waals surface area contributed by atoms with E-state index < -0.39 is 29.6 Å². The van der Waals surface area contributed by atoms with Crippen molar-refractivity contribution in [3.05, 3.63) is 47.6 Å². The molecular weight excluding hydrogens is 362 g/mol. The van der Waals surface area contributed by atoms with E-state index in [2.05, 4.69) is 4.74 Å². The summed E-state index contributed by atoms with van der Waals surface area (Å²) in [4.78, 5) is 10.8. The first-order chi connectivity index (χ1) is 10.1. The van der Waals surface area contributed by atoms with Gasteiger partial charge >= 0.3 is 18.3 Å². The molecule has 0 spiro atoms. The van der Waals surface area contributed by atoms with Crippen molar-refractivity contribution in [2.24, 2.45) is 0 Å². The van der Waals surface area contributed by atoms with Crippen LogP contribution in [0.5, 0.6) is 5.75 Å². The maximum absolute atomic E-state index is 13.2. The Morgan fingerprint density at radius 2 is 1.74 bits per heavy atom. The molecule has 0 bridgehead atoms. The molecule has 1 aromatic carbocycles. The van der Waals surface area contributed by atoms with Gasteiger partial charge in [0.25, 0.3) is 0 Å². The van der Waals surface area contributed by atoms with E-state index in [9.17, 15) is 31.1 Å². The molecule has 0 unspecified atom stereocenters. The molecule has 0 aliphatic heterocycles. The van der Waals surface area contributed by atoms with Gasteiger partial charge in [0.05, 0.1) is 0 Å². The summed E-state index contributed by atoms with van der Waals surface area (Å²) in [6.07, 6.45) is -5.60. The van der Waals surface area contributed by atoms with Crippen LogP contribution in [0.25, 0.3) is 5.57 Å². The van der Waals surface area contributed by atoms with E-state index in [0.29, 0.717) is 6.07 Å². The van der Waals surface area contributed by atoms with Crippen LogP contribution >= 0.6 is 0 Å². The van der Waals surface area contributed by atoms with Crippen molar-refractivity contribution in [1.29, 1.82) is 0 Å². The minimum absolute atomic E-state index is 0. The van der Waals surface area contributed by atoms with Crippen LogP contribution in [-0.4, -0.2) is 12.1 Å². The summed E-state index contributed by atoms with van der Waals surface area (Å²) in [6.45, 7) is 0. The Kier molecular flexibility index (Phi) is 5.87. The van der Waals surface area contributed by atoms with Crippen LogP contribution in [0.15, 0.2) is 36.4 Å². The molecule has 0 N–H and O–H groups in total. The van der Waals surface area contributed by atoms with E-state index in [0.717, 1.165) is 12.1 Å². The van der Waals surface area contributed by atoms with E-state index in [1.54, 1.807) is 6.08 Å². The van der Waals surface area contributed by atoms with E-state index in [-0.39, 0.29) is 39.3 Å². The predicted octanol–water partition coefficient (Wildman–Crippen LogP) is 4.51. The van der Waals surface area contributed by atoms with Crippen LogP contribution in [-0.2, 0) is 32.7 Å². The van der Waals surface area contributed by atoms with Crippen LogP contribution < -0.4 is 4.74 Å². The average Bonchev–Trinajstić information content (AvgIpc) is 2.89. The minimum atomic E-state index is -5.38. The second-order valence-electron chi connectivity index (χ2n) is 4.39. The number of halogens is 6. The van der Waals surface area contributed by atoms with Gasteiger partial charge in [-0.15, -0.1) is 0 Å². The Hall–Kier alpha value is -1.54. The van der Waals surface area contributed by atoms with Gasteiger partial charge in [-0.1, -0.05) is 30.4 Å². The summed E-state index contributed by atoms with van der Waals surface area (Å²) in [6, 6.07) is 2.90. The Morgan fingerprint density at radius 1 is 1.09 bits per heavy atom. The summed E-state index contributed by atoms with van der Waals surface area (Å²) in [5, 5.41) is 0. The van der Waals surface area contributed by atoms with Crippen molar-refractivity contribution in [1.82, 2.24) is 0 Å². The molecule has 0 aromatic heterocycles. The zero-order valence-electron chi connectivity index (χ0n) is 11.3. The number of carbonyl (C=O) groups is 1. The number of esters is 1. The third-order valence-corrected chi connectivity index (χ3v) is 2.86. The van der Waals surface area contributed by atoms with Crippen LogP contribution in [0.4, 0.5) is 26.3 Å². The third-order valence-electron chi connectivity index (χ3n) is 2.86. The largest absolute Gasteiger partial charge is 0.491 e. The zero-order valence-corrected chi connectivity index (χ0v) is 12.8. The van der Waals surface area contributed by atoms with E-state index in [1.807, 2.05) is 0 Å². The third kappa shape index (κ3) is 4.48. The number of alkyl halides is 6. The van der Waals surface area contributed by atoms with E-state index in [1.165, 1.54) is 12.2 Å². The first-order valence-corrected chi connectivity index (χ1v) is 5.96. The molecule has 2 rings (SSSR count). The van der Waals surface area contributed by atoms with Gasteiger partial charge in [0, 0.05) is 21.7 Å². The van der Waals surface area contributed by atoms with Crippen molar-refractivity contribution in [3.63, 3.8) is 0 Å². The number of allylic oxidation sites excluding steroid dienone is 4. The van der Waals surface area contributed by atoms with Crippen molar-refractivity contribution in [3.8, 4) is 5.75 Å². The van der Waals surface area contributed by atoms with Gasteiger partial charge in [0.15, 0.2) is 0 Å². The second-order valence-corrected chi connectivity index (χ2v) is 4.39. The standard InChI is InChI=1S/C14H8F6O2.Ti/c15-13(16,17)11-9(8-4-1-2-5-8)6-3-7-10(11)22-12(21)14(18,19)20;/h1-4,6-7H,5H2;. The molecule has 1 aliphatic carbocycles. The van der Waals surface area contributed by atoms with Crippen LogP contribution in [0.3, 0.4) is 0 Å². The van der Waals surface area contributed by atoms with Gasteiger partial charge in [0.1, 0.15) is 11.3 Å². The summed E-state index contributed by atoms with van der Waals surface area (Å²) in [5.41, 5.74) is -1.44. The molecule has 0 saturated carbocycles. The number of carbonyl (C=O) groups excluding carboxylic acids is 1. The molecule has 0 fully saturated rings. The molecule has 1 aliphatic rings. The Balaban J connectivity index is 0.00000264. The van der Waals surface area contributed by atoms with E-state index >= 15 is 0 Å². The molecule has 0 atom stereocenters. The zero-order chi connectivity index (χ0) is 16.5. The fourth-order valence-electron chi connectivity index (χ4n) is 1.98. The van der Waals surface area contributed by atoms with Gasteiger partial charge in [-0.3, -0.25) is 0 Å². The molecule has 0 amide bonds. The molecule has 1 aromatic rings. The predicted molar refractivity (Wildman–Crippen MR) is 64.9 cm³/mol. The molecule has 0 heterocycles. The van der Waals surface area contributed by atoms with Crippen molar-refractivity contribution in [2.75, 3.05) is 0 Å². The molecule has 122 valence electrons. The maximum Gasteiger partial charge on any atom is 0.491 e. The molecule has 0 saturated heterocycles. The first kappa shape index (κ1) is 19.5. The van der Waals surface area contributed by atoms with Gasteiger partial charge in [-0.2, -0.15) is 26.3 Å². The summed E-state index contributed by atoms with van der Waals surface area (Å²) < 4.78 is 80.0. The van der Waals surface area contributed by atoms with Crippen molar-refractivity contribution >= 4 is 11.5 Å². The maximum atomic E-state index is 13.2. The smallest absolute Gasteiger partial charge is 0.419 e. The normalized spacial score (nSPS) is 14.3. The van der Waals surface area contributed by atoms with Gasteiger partial charge < -0.3 is 4.74 Å². The topological polar surface area (TPSA) is 26.3 Å². The second kappa shape index (κ2) is 6.92. The van der Waals surface area contributed by atoms with Crippen LogP contribution in [0.2, 0.25) is 0 Å². The fourth-order valence-corrected chi connectivity index (χ4v) is 1.98. The van der Waals surface area contributed by atoms with Crippen molar-refractivity contribution in [2.45, 2.75) is 18.8 Å². The summed E-state index contributed by atoms with van der Waals surface area (Å²) >= 11 is 0. The quantitative estimate of drug-likeness (QED) is 0.331. The molecule has 9 heteroatoms. The molecule has 23 heavy (non-hydrogen) atoms. The van der Waals surface area contributed by atoms with Gasteiger partial charge in [-0.05, 0) is 23.6 Å². The fraction of sp³-hybridized carbons (Fsp3) is 0.214. The summed E-state index contributed by atoms with van der Waals surface area (Å²) in [7, 11) is 0. The van der Waals surface area contributed by atoms with Crippen molar-refractivity contribution < 1.29 is 57.6 Å². The van der Waals surface area contributed by atoms with Crippen LogP contribution in [0.1, 0.15) is 17.5 Å². The Labute approximate surface area is 141 Å². The monoisotopic (exact) mass is 370 g/mol. The minimum Gasteiger partial charge on any atom is -0.419 e. The van der Waals surface area contributed by atoms with Crippen LogP contribution in [0, 0.1) is 0 Å². The SMILES string of the molecule is O=C(Oc1cccc(C2=CC=CC2)c1C(F)(F)F)C(F)(F)F.[Ti]. The average molecular weight is 370 g/mol. The number of hydrogen-bond donors (Lipinski definition) is 0. The molecular formula is C14H8F6O2Ti. The van der Waals surface area contributed by atoms with E-state index in [4.69, 9.17) is 0 Å². The number of rotatable bonds is 2. The number of ether oxygens (including phenoxy) is 1. The number of benzene rings is 1. The Morgan fingerprint density at radius 3 is 2.22 bits per heavy atom.